The Labute approximate surface area is 158 Å². The van der Waals surface area contributed by atoms with Crippen LogP contribution in [0.5, 0.6) is 0 Å². The number of thiazole rings is 1. The number of aromatic nitrogens is 1. The highest BCUT2D eigenvalue weighted by Crippen LogP contribution is 2.31. The zero-order valence-corrected chi connectivity index (χ0v) is 15.0. The van der Waals surface area contributed by atoms with Crippen molar-refractivity contribution in [1.29, 1.82) is 5.26 Å². The molecule has 0 aliphatic carbocycles. The molecular formula is C20H14F3N3S. The Balaban J connectivity index is 1.82. The molecule has 1 heterocycles. The summed E-state index contributed by atoms with van der Waals surface area (Å²) in [7, 11) is 0. The first-order chi connectivity index (χ1) is 12.9. The van der Waals surface area contributed by atoms with Crippen LogP contribution in [0.4, 0.5) is 18.9 Å². The fraction of sp³-hybridized carbons (Fsp3) is 0.100. The van der Waals surface area contributed by atoms with Gasteiger partial charge in [0.25, 0.3) is 0 Å². The summed E-state index contributed by atoms with van der Waals surface area (Å²) in [5.41, 5.74) is 2.55. The van der Waals surface area contributed by atoms with Crippen molar-refractivity contribution in [3.8, 4) is 17.3 Å². The van der Waals surface area contributed by atoms with Gasteiger partial charge in [-0.2, -0.15) is 18.4 Å². The topological polar surface area (TPSA) is 48.7 Å². The molecule has 3 nitrogen and oxygen atoms in total. The summed E-state index contributed by atoms with van der Waals surface area (Å²) < 4.78 is 38.3. The molecule has 27 heavy (non-hydrogen) atoms. The highest BCUT2D eigenvalue weighted by Gasteiger charge is 2.30. The standard InChI is InChI=1S/C20H14F3N3S/c1-13-5-7-14(8-6-13)18-12-27-19(26-18)15(10-24)11-25-17-4-2-3-16(9-17)20(21,22)23/h2-9,11-12,25H,1H3/b15-11-. The third-order valence-electron chi connectivity index (χ3n) is 3.78. The van der Waals surface area contributed by atoms with Gasteiger partial charge in [0.15, 0.2) is 0 Å². The molecule has 0 unspecified atom stereocenters. The molecule has 3 rings (SSSR count). The van der Waals surface area contributed by atoms with Crippen LogP contribution in [-0.4, -0.2) is 4.98 Å². The van der Waals surface area contributed by atoms with Gasteiger partial charge in [-0.25, -0.2) is 4.98 Å². The van der Waals surface area contributed by atoms with Gasteiger partial charge in [0.05, 0.1) is 11.3 Å². The molecule has 0 amide bonds. The summed E-state index contributed by atoms with van der Waals surface area (Å²) in [6.07, 6.45) is -3.05. The maximum absolute atomic E-state index is 12.8. The molecule has 0 aliphatic heterocycles. The molecule has 0 atom stereocenters. The van der Waals surface area contributed by atoms with Crippen LogP contribution >= 0.6 is 11.3 Å². The highest BCUT2D eigenvalue weighted by molar-refractivity contribution is 7.11. The molecule has 0 bridgehead atoms. The van der Waals surface area contributed by atoms with Crippen LogP contribution in [0.2, 0.25) is 0 Å². The van der Waals surface area contributed by atoms with Crippen LogP contribution in [0, 0.1) is 18.3 Å². The largest absolute Gasteiger partial charge is 0.416 e. The predicted octanol–water partition coefficient (Wildman–Crippen LogP) is 6.11. The first-order valence-electron chi connectivity index (χ1n) is 7.94. The second kappa shape index (κ2) is 7.64. The number of rotatable bonds is 4. The smallest absolute Gasteiger partial charge is 0.360 e. The minimum absolute atomic E-state index is 0.243. The van der Waals surface area contributed by atoms with Gasteiger partial charge in [-0.05, 0) is 25.1 Å². The summed E-state index contributed by atoms with van der Waals surface area (Å²) in [6, 6.07) is 14.7. The van der Waals surface area contributed by atoms with Gasteiger partial charge in [0.2, 0.25) is 0 Å². The number of allylic oxidation sites excluding steroid dienone is 1. The molecule has 2 aromatic carbocycles. The van der Waals surface area contributed by atoms with E-state index in [0.717, 1.165) is 29.0 Å². The number of nitrogens with one attached hydrogen (secondary N) is 1. The monoisotopic (exact) mass is 385 g/mol. The van der Waals surface area contributed by atoms with E-state index in [1.165, 1.54) is 29.7 Å². The molecule has 0 aliphatic rings. The van der Waals surface area contributed by atoms with Gasteiger partial charge in [0.1, 0.15) is 16.6 Å². The number of alkyl halides is 3. The van der Waals surface area contributed by atoms with Gasteiger partial charge in [0, 0.05) is 22.8 Å². The predicted molar refractivity (Wildman–Crippen MR) is 101 cm³/mol. The van der Waals surface area contributed by atoms with E-state index in [0.29, 0.717) is 5.01 Å². The first kappa shape index (κ1) is 18.7. The Morgan fingerprint density at radius 3 is 2.59 bits per heavy atom. The fourth-order valence-electron chi connectivity index (χ4n) is 2.34. The van der Waals surface area contributed by atoms with E-state index in [-0.39, 0.29) is 11.3 Å². The van der Waals surface area contributed by atoms with Gasteiger partial charge < -0.3 is 5.32 Å². The molecule has 3 aromatic rings. The van der Waals surface area contributed by atoms with Crippen molar-refractivity contribution < 1.29 is 13.2 Å². The lowest BCUT2D eigenvalue weighted by Gasteiger charge is -2.08. The molecule has 0 radical (unpaired) electrons. The van der Waals surface area contributed by atoms with E-state index in [9.17, 15) is 18.4 Å². The maximum atomic E-state index is 12.8. The summed E-state index contributed by atoms with van der Waals surface area (Å²) in [5.74, 6) is 0. The van der Waals surface area contributed by atoms with Crippen molar-refractivity contribution in [3.63, 3.8) is 0 Å². The number of hydrogen-bond acceptors (Lipinski definition) is 4. The average molecular weight is 385 g/mol. The zero-order valence-electron chi connectivity index (χ0n) is 14.2. The molecular weight excluding hydrogens is 371 g/mol. The number of aryl methyl sites for hydroxylation is 1. The Morgan fingerprint density at radius 2 is 1.93 bits per heavy atom. The number of nitrogens with zero attached hydrogens (tertiary/aromatic N) is 2. The second-order valence-electron chi connectivity index (χ2n) is 5.80. The lowest BCUT2D eigenvalue weighted by atomic mass is 10.1. The van der Waals surface area contributed by atoms with Gasteiger partial charge >= 0.3 is 6.18 Å². The van der Waals surface area contributed by atoms with Crippen molar-refractivity contribution >= 4 is 22.6 Å². The van der Waals surface area contributed by atoms with Crippen molar-refractivity contribution in [2.24, 2.45) is 0 Å². The van der Waals surface area contributed by atoms with E-state index >= 15 is 0 Å². The summed E-state index contributed by atoms with van der Waals surface area (Å²) in [4.78, 5) is 4.46. The number of halogens is 3. The van der Waals surface area contributed by atoms with Crippen molar-refractivity contribution in [3.05, 3.63) is 76.2 Å². The van der Waals surface area contributed by atoms with Crippen LogP contribution in [0.1, 0.15) is 16.1 Å². The van der Waals surface area contributed by atoms with Crippen LogP contribution in [0.25, 0.3) is 16.8 Å². The summed E-state index contributed by atoms with van der Waals surface area (Å²) in [6.45, 7) is 1.99. The quantitative estimate of drug-likeness (QED) is 0.551. The lowest BCUT2D eigenvalue weighted by molar-refractivity contribution is -0.137. The van der Waals surface area contributed by atoms with E-state index in [1.807, 2.05) is 42.6 Å². The van der Waals surface area contributed by atoms with Crippen LogP contribution < -0.4 is 5.32 Å². The normalized spacial score (nSPS) is 11.9. The van der Waals surface area contributed by atoms with Crippen molar-refractivity contribution in [1.82, 2.24) is 4.98 Å². The third-order valence-corrected chi connectivity index (χ3v) is 4.65. The highest BCUT2D eigenvalue weighted by atomic mass is 32.1. The first-order valence-corrected chi connectivity index (χ1v) is 8.82. The molecule has 0 saturated carbocycles. The molecule has 0 fully saturated rings. The number of nitriles is 1. The van der Waals surface area contributed by atoms with Crippen LogP contribution in [0.15, 0.2) is 60.1 Å². The average Bonchev–Trinajstić information content (AvgIpc) is 3.12. The maximum Gasteiger partial charge on any atom is 0.416 e. The number of benzene rings is 2. The zero-order chi connectivity index (χ0) is 19.4. The van der Waals surface area contributed by atoms with Gasteiger partial charge in [-0.1, -0.05) is 35.9 Å². The SMILES string of the molecule is Cc1ccc(-c2csc(/C(C#N)=C\Nc3cccc(C(F)(F)F)c3)n2)cc1. The van der Waals surface area contributed by atoms with Crippen molar-refractivity contribution in [2.45, 2.75) is 13.1 Å². The van der Waals surface area contributed by atoms with E-state index in [1.54, 1.807) is 0 Å². The Bertz CT molecular complexity index is 1010. The number of anilines is 1. The minimum atomic E-state index is -4.42. The van der Waals surface area contributed by atoms with E-state index in [4.69, 9.17) is 0 Å². The Morgan fingerprint density at radius 1 is 1.19 bits per heavy atom. The molecule has 1 aromatic heterocycles. The van der Waals surface area contributed by atoms with Crippen LogP contribution in [-0.2, 0) is 6.18 Å². The Kier molecular flexibility index (Phi) is 5.28. The Hall–Kier alpha value is -3.11. The van der Waals surface area contributed by atoms with Gasteiger partial charge in [-0.15, -0.1) is 11.3 Å². The lowest BCUT2D eigenvalue weighted by Crippen LogP contribution is -2.05. The summed E-state index contributed by atoms with van der Waals surface area (Å²) in [5, 5.41) is 14.5. The number of hydrogen-bond donors (Lipinski definition) is 1. The molecule has 7 heteroatoms. The van der Waals surface area contributed by atoms with Crippen LogP contribution in [0.3, 0.4) is 0 Å². The molecule has 1 N–H and O–H groups in total. The molecule has 0 spiro atoms. The van der Waals surface area contributed by atoms with Crippen molar-refractivity contribution in [2.75, 3.05) is 5.32 Å². The fourth-order valence-corrected chi connectivity index (χ4v) is 3.13. The van der Waals surface area contributed by atoms with Gasteiger partial charge in [-0.3, -0.25) is 0 Å². The second-order valence-corrected chi connectivity index (χ2v) is 6.65. The summed E-state index contributed by atoms with van der Waals surface area (Å²) >= 11 is 1.30. The third kappa shape index (κ3) is 4.54. The minimum Gasteiger partial charge on any atom is -0.360 e. The van der Waals surface area contributed by atoms with E-state index < -0.39 is 11.7 Å². The molecule has 0 saturated heterocycles. The van der Waals surface area contributed by atoms with E-state index in [2.05, 4.69) is 10.3 Å². The molecule has 136 valence electrons.